The molecule has 1 atom stereocenters. The lowest BCUT2D eigenvalue weighted by atomic mass is 10.2. The van der Waals surface area contributed by atoms with Crippen LogP contribution in [0.1, 0.15) is 24.8 Å². The van der Waals surface area contributed by atoms with Gasteiger partial charge in [0, 0.05) is 19.3 Å². The van der Waals surface area contributed by atoms with Crippen molar-refractivity contribution in [3.8, 4) is 0 Å². The molecule has 0 spiro atoms. The number of sulfone groups is 1. The lowest BCUT2D eigenvalue weighted by Crippen LogP contribution is -2.48. The quantitative estimate of drug-likeness (QED) is 0.747. The van der Waals surface area contributed by atoms with Gasteiger partial charge in [-0.1, -0.05) is 30.3 Å². The van der Waals surface area contributed by atoms with E-state index in [9.17, 15) is 18.0 Å². The molecule has 0 aliphatic heterocycles. The average molecular weight is 368 g/mol. The maximum atomic E-state index is 12.5. The summed E-state index contributed by atoms with van der Waals surface area (Å²) in [7, 11) is -1.57. The molecule has 1 fully saturated rings. The molecule has 0 aromatic heterocycles. The summed E-state index contributed by atoms with van der Waals surface area (Å²) in [6.45, 7) is 0.0815. The van der Waals surface area contributed by atoms with E-state index in [0.717, 1.165) is 24.7 Å². The van der Waals surface area contributed by atoms with Crippen LogP contribution in [0.4, 0.5) is 4.79 Å². The standard InChI is InChI=1S/C17H24N2O5S/c1-19(14-8-9-14)16(20)15(10-11-25(2,22)23)18-17(21)24-12-13-6-4-3-5-7-13/h3-7,14-15H,8-12H2,1-2H3,(H,18,21). The number of ether oxygens (including phenoxy) is 1. The number of hydrogen-bond donors (Lipinski definition) is 1. The molecule has 8 heteroatoms. The molecule has 1 aliphatic carbocycles. The number of carbonyl (C=O) groups is 2. The van der Waals surface area contributed by atoms with Crippen LogP contribution in [-0.4, -0.2) is 56.5 Å². The van der Waals surface area contributed by atoms with Crippen molar-refractivity contribution in [1.29, 1.82) is 0 Å². The maximum Gasteiger partial charge on any atom is 0.408 e. The lowest BCUT2D eigenvalue weighted by Gasteiger charge is -2.24. The molecule has 0 radical (unpaired) electrons. The number of alkyl carbamates (subject to hydrolysis) is 1. The summed E-state index contributed by atoms with van der Waals surface area (Å²) in [5.74, 6) is -0.469. The van der Waals surface area contributed by atoms with Crippen LogP contribution in [0, 0.1) is 0 Å². The molecule has 7 nitrogen and oxygen atoms in total. The van der Waals surface area contributed by atoms with Crippen LogP contribution in [-0.2, 0) is 26.0 Å². The molecule has 2 rings (SSSR count). The van der Waals surface area contributed by atoms with Crippen molar-refractivity contribution >= 4 is 21.8 Å². The highest BCUT2D eigenvalue weighted by molar-refractivity contribution is 7.90. The van der Waals surface area contributed by atoms with Gasteiger partial charge in [0.05, 0.1) is 5.75 Å². The van der Waals surface area contributed by atoms with Crippen molar-refractivity contribution in [1.82, 2.24) is 10.2 Å². The molecular formula is C17H24N2O5S. The van der Waals surface area contributed by atoms with E-state index in [0.29, 0.717) is 0 Å². The summed E-state index contributed by atoms with van der Waals surface area (Å²) in [6.07, 6.45) is 2.25. The van der Waals surface area contributed by atoms with Gasteiger partial charge in [0.2, 0.25) is 5.91 Å². The summed E-state index contributed by atoms with van der Waals surface area (Å²) in [6, 6.07) is 8.43. The molecule has 1 aromatic carbocycles. The summed E-state index contributed by atoms with van der Waals surface area (Å²) in [5.41, 5.74) is 0.826. The number of likely N-dealkylation sites (N-methyl/N-ethyl adjacent to an activating group) is 1. The zero-order valence-electron chi connectivity index (χ0n) is 14.5. The van der Waals surface area contributed by atoms with Crippen molar-refractivity contribution in [2.45, 2.75) is 38.0 Å². The summed E-state index contributed by atoms with van der Waals surface area (Å²) < 4.78 is 27.9. The van der Waals surface area contributed by atoms with Crippen LogP contribution < -0.4 is 5.32 Å². The number of hydrogen-bond acceptors (Lipinski definition) is 5. The van der Waals surface area contributed by atoms with Crippen molar-refractivity contribution < 1.29 is 22.7 Å². The highest BCUT2D eigenvalue weighted by atomic mass is 32.2. The Balaban J connectivity index is 1.93. The number of nitrogens with zero attached hydrogens (tertiary/aromatic N) is 1. The molecule has 25 heavy (non-hydrogen) atoms. The largest absolute Gasteiger partial charge is 0.445 e. The van der Waals surface area contributed by atoms with Gasteiger partial charge in [0.1, 0.15) is 22.5 Å². The molecule has 1 N–H and O–H groups in total. The van der Waals surface area contributed by atoms with Crippen LogP contribution in [0.2, 0.25) is 0 Å². The van der Waals surface area contributed by atoms with Gasteiger partial charge in [-0.2, -0.15) is 0 Å². The molecule has 1 aromatic rings. The predicted octanol–water partition coefficient (Wildman–Crippen LogP) is 1.34. The Morgan fingerprint density at radius 1 is 1.28 bits per heavy atom. The SMILES string of the molecule is CN(C(=O)C(CCS(C)(=O)=O)NC(=O)OCc1ccccc1)C1CC1. The maximum absolute atomic E-state index is 12.5. The Bertz CT molecular complexity index is 701. The highest BCUT2D eigenvalue weighted by Gasteiger charge is 2.34. The van der Waals surface area contributed by atoms with Crippen LogP contribution in [0.5, 0.6) is 0 Å². The van der Waals surface area contributed by atoms with Gasteiger partial charge in [-0.3, -0.25) is 4.79 Å². The van der Waals surface area contributed by atoms with E-state index in [4.69, 9.17) is 4.74 Å². The Morgan fingerprint density at radius 2 is 1.92 bits per heavy atom. The summed E-state index contributed by atoms with van der Waals surface area (Å²) in [5, 5.41) is 2.51. The van der Waals surface area contributed by atoms with Crippen LogP contribution in [0.15, 0.2) is 30.3 Å². The number of carbonyl (C=O) groups excluding carboxylic acids is 2. The van der Waals surface area contributed by atoms with Gasteiger partial charge in [0.15, 0.2) is 0 Å². The Morgan fingerprint density at radius 3 is 2.48 bits per heavy atom. The van der Waals surface area contributed by atoms with Gasteiger partial charge in [-0.15, -0.1) is 0 Å². The minimum Gasteiger partial charge on any atom is -0.445 e. The first kappa shape index (κ1) is 19.2. The van der Waals surface area contributed by atoms with Crippen LogP contribution >= 0.6 is 0 Å². The van der Waals surface area contributed by atoms with Crippen molar-refractivity contribution in [2.24, 2.45) is 0 Å². The van der Waals surface area contributed by atoms with E-state index in [1.807, 2.05) is 30.3 Å². The minimum absolute atomic E-state index is 0.0230. The Kier molecular flexibility index (Phi) is 6.41. The molecule has 1 unspecified atom stereocenters. The third-order valence-corrected chi connectivity index (χ3v) is 5.00. The first-order valence-electron chi connectivity index (χ1n) is 8.18. The van der Waals surface area contributed by atoms with Gasteiger partial charge in [-0.25, -0.2) is 13.2 Å². The second kappa shape index (κ2) is 8.33. The molecule has 138 valence electrons. The topological polar surface area (TPSA) is 92.8 Å². The number of rotatable bonds is 8. The predicted molar refractivity (Wildman–Crippen MR) is 93.7 cm³/mol. The number of amides is 2. The normalized spacial score (nSPS) is 15.3. The van der Waals surface area contributed by atoms with Crippen molar-refractivity contribution in [3.05, 3.63) is 35.9 Å². The van der Waals surface area contributed by atoms with Crippen molar-refractivity contribution in [3.63, 3.8) is 0 Å². The zero-order valence-corrected chi connectivity index (χ0v) is 15.3. The first-order chi connectivity index (χ1) is 11.8. The molecule has 0 bridgehead atoms. The van der Waals surface area contributed by atoms with Crippen molar-refractivity contribution in [2.75, 3.05) is 19.1 Å². The first-order valence-corrected chi connectivity index (χ1v) is 10.2. The third-order valence-electron chi connectivity index (χ3n) is 4.02. The van der Waals surface area contributed by atoms with E-state index in [1.54, 1.807) is 11.9 Å². The second-order valence-electron chi connectivity index (χ2n) is 6.36. The summed E-state index contributed by atoms with van der Waals surface area (Å²) in [4.78, 5) is 26.1. The molecule has 0 heterocycles. The smallest absolute Gasteiger partial charge is 0.408 e. The van der Waals surface area contributed by atoms with E-state index >= 15 is 0 Å². The summed E-state index contributed by atoms with van der Waals surface area (Å²) >= 11 is 0. The molecule has 1 saturated carbocycles. The zero-order chi connectivity index (χ0) is 18.4. The fourth-order valence-electron chi connectivity index (χ4n) is 2.38. The highest BCUT2D eigenvalue weighted by Crippen LogP contribution is 2.26. The van der Waals surface area contributed by atoms with E-state index in [-0.39, 0.29) is 30.7 Å². The van der Waals surface area contributed by atoms with Gasteiger partial charge in [-0.05, 0) is 24.8 Å². The minimum atomic E-state index is -3.24. The Labute approximate surface area is 148 Å². The van der Waals surface area contributed by atoms with E-state index < -0.39 is 22.0 Å². The average Bonchev–Trinajstić information content (AvgIpc) is 3.40. The van der Waals surface area contributed by atoms with Gasteiger partial charge < -0.3 is 15.0 Å². The second-order valence-corrected chi connectivity index (χ2v) is 8.62. The van der Waals surface area contributed by atoms with Gasteiger partial charge >= 0.3 is 6.09 Å². The molecular weight excluding hydrogens is 344 g/mol. The Hall–Kier alpha value is -2.09. The van der Waals surface area contributed by atoms with E-state index in [1.165, 1.54) is 0 Å². The molecule has 0 saturated heterocycles. The van der Waals surface area contributed by atoms with Gasteiger partial charge in [0.25, 0.3) is 0 Å². The molecule has 2 amide bonds. The van der Waals surface area contributed by atoms with Crippen LogP contribution in [0.3, 0.4) is 0 Å². The van der Waals surface area contributed by atoms with Crippen LogP contribution in [0.25, 0.3) is 0 Å². The molecule has 1 aliphatic rings. The fraction of sp³-hybridized carbons (Fsp3) is 0.529. The monoisotopic (exact) mass is 368 g/mol. The van der Waals surface area contributed by atoms with E-state index in [2.05, 4.69) is 5.32 Å². The fourth-order valence-corrected chi connectivity index (χ4v) is 3.05. The lowest BCUT2D eigenvalue weighted by molar-refractivity contribution is -0.132. The number of nitrogens with one attached hydrogen (secondary N) is 1. The third kappa shape index (κ3) is 6.74. The number of benzene rings is 1.